The Labute approximate surface area is 247 Å². The smallest absolute Gasteiger partial charge is 0.267 e. The predicted octanol–water partition coefficient (Wildman–Crippen LogP) is 5.28. The van der Waals surface area contributed by atoms with Crippen molar-refractivity contribution >= 4 is 115 Å². The highest BCUT2D eigenvalue weighted by Gasteiger charge is 2.42. The molecule has 0 aromatic heterocycles. The molecule has 2 aliphatic rings. The van der Waals surface area contributed by atoms with Gasteiger partial charge in [0, 0.05) is 25.9 Å². The lowest BCUT2D eigenvalue weighted by molar-refractivity contribution is -0.125. The monoisotopic (exact) mass is 624 g/mol. The molecule has 38 heavy (non-hydrogen) atoms. The Morgan fingerprint density at radius 2 is 1.08 bits per heavy atom. The SMILES string of the molecule is O=C(CCN1C(=O)/C(=C2/SC(=S)N(CCC(=O)Nc3ccccc3Cl)C2=O)SC1=S)Nc1ccccc1Cl. The van der Waals surface area contributed by atoms with Crippen LogP contribution in [0.1, 0.15) is 12.8 Å². The number of hydrogen-bond donors (Lipinski definition) is 2. The van der Waals surface area contributed by atoms with Crippen LogP contribution in [-0.4, -0.2) is 55.2 Å². The number of anilines is 2. The van der Waals surface area contributed by atoms with Gasteiger partial charge in [-0.05, 0) is 24.3 Å². The Morgan fingerprint density at radius 3 is 1.45 bits per heavy atom. The lowest BCUT2D eigenvalue weighted by atomic mass is 10.3. The van der Waals surface area contributed by atoms with Crippen LogP contribution in [0, 0.1) is 0 Å². The Hall–Kier alpha value is -2.48. The summed E-state index contributed by atoms with van der Waals surface area (Å²) < 4.78 is 0.472. The lowest BCUT2D eigenvalue weighted by Crippen LogP contribution is -2.33. The van der Waals surface area contributed by atoms with Gasteiger partial charge < -0.3 is 10.6 Å². The number of rotatable bonds is 8. The number of benzene rings is 2. The van der Waals surface area contributed by atoms with Crippen LogP contribution in [0.25, 0.3) is 0 Å². The molecule has 2 N–H and O–H groups in total. The highest BCUT2D eigenvalue weighted by atomic mass is 35.5. The molecule has 2 heterocycles. The number of carbonyl (C=O) groups excluding carboxylic acids is 4. The number of nitrogens with one attached hydrogen (secondary N) is 2. The number of para-hydroxylation sites is 2. The third-order valence-corrected chi connectivity index (χ3v) is 9.01. The summed E-state index contributed by atoms with van der Waals surface area (Å²) in [5.74, 6) is -1.62. The summed E-state index contributed by atoms with van der Waals surface area (Å²) in [5.41, 5.74) is 0.933. The first-order valence-electron chi connectivity index (χ1n) is 11.1. The Morgan fingerprint density at radius 1 is 0.711 bits per heavy atom. The van der Waals surface area contributed by atoms with Gasteiger partial charge in [0.1, 0.15) is 8.64 Å². The largest absolute Gasteiger partial charge is 0.325 e. The van der Waals surface area contributed by atoms with E-state index in [1.165, 1.54) is 9.80 Å². The lowest BCUT2D eigenvalue weighted by Gasteiger charge is -2.15. The molecule has 0 aliphatic carbocycles. The predicted molar refractivity (Wildman–Crippen MR) is 160 cm³/mol. The average Bonchev–Trinajstić information content (AvgIpc) is 3.32. The molecule has 2 aromatic carbocycles. The van der Waals surface area contributed by atoms with Crippen molar-refractivity contribution in [1.29, 1.82) is 0 Å². The molecular weight excluding hydrogens is 607 g/mol. The first-order chi connectivity index (χ1) is 18.2. The molecule has 0 spiro atoms. The summed E-state index contributed by atoms with van der Waals surface area (Å²) in [5, 5.41) is 6.19. The zero-order valence-electron chi connectivity index (χ0n) is 19.4. The van der Waals surface area contributed by atoms with Crippen LogP contribution in [0.3, 0.4) is 0 Å². The van der Waals surface area contributed by atoms with E-state index in [-0.39, 0.29) is 56.2 Å². The third-order valence-electron chi connectivity index (χ3n) is 5.33. The molecule has 0 atom stereocenters. The van der Waals surface area contributed by atoms with Gasteiger partial charge in [-0.1, -0.05) is 95.4 Å². The van der Waals surface area contributed by atoms with Gasteiger partial charge in [-0.25, -0.2) is 0 Å². The molecule has 2 fully saturated rings. The first-order valence-corrected chi connectivity index (χ1v) is 14.3. The Bertz CT molecular complexity index is 1300. The van der Waals surface area contributed by atoms with Gasteiger partial charge in [0.05, 0.1) is 31.2 Å². The van der Waals surface area contributed by atoms with Crippen LogP contribution in [0.4, 0.5) is 11.4 Å². The van der Waals surface area contributed by atoms with Crippen molar-refractivity contribution < 1.29 is 19.2 Å². The number of amides is 4. The fraction of sp³-hybridized carbons (Fsp3) is 0.167. The maximum atomic E-state index is 13.1. The maximum Gasteiger partial charge on any atom is 0.267 e. The number of halogens is 2. The van der Waals surface area contributed by atoms with Crippen LogP contribution in [-0.2, 0) is 19.2 Å². The summed E-state index contributed by atoms with van der Waals surface area (Å²) in [6, 6.07) is 13.6. The second-order valence-electron chi connectivity index (χ2n) is 7.86. The topological polar surface area (TPSA) is 98.8 Å². The van der Waals surface area contributed by atoms with Crippen LogP contribution in [0.2, 0.25) is 10.0 Å². The number of thioether (sulfide) groups is 2. The second kappa shape index (κ2) is 12.6. The van der Waals surface area contributed by atoms with Gasteiger partial charge in [0.15, 0.2) is 0 Å². The third kappa shape index (κ3) is 6.56. The van der Waals surface area contributed by atoms with Crippen molar-refractivity contribution in [1.82, 2.24) is 9.80 Å². The van der Waals surface area contributed by atoms with Crippen LogP contribution in [0.5, 0.6) is 0 Å². The van der Waals surface area contributed by atoms with Gasteiger partial charge in [0.25, 0.3) is 11.8 Å². The van der Waals surface area contributed by atoms with Gasteiger partial charge in [-0.15, -0.1) is 0 Å². The molecule has 0 saturated carbocycles. The van der Waals surface area contributed by atoms with Crippen LogP contribution < -0.4 is 10.6 Å². The molecule has 2 aromatic rings. The molecule has 2 saturated heterocycles. The van der Waals surface area contributed by atoms with E-state index in [1.807, 2.05) is 0 Å². The summed E-state index contributed by atoms with van der Waals surface area (Å²) in [7, 11) is 0. The summed E-state index contributed by atoms with van der Waals surface area (Å²) in [6.07, 6.45) is -0.0428. The van der Waals surface area contributed by atoms with Gasteiger partial charge in [0.2, 0.25) is 11.8 Å². The summed E-state index contributed by atoms with van der Waals surface area (Å²) >= 11 is 24.8. The Kier molecular flexibility index (Phi) is 9.45. The van der Waals surface area contributed by atoms with E-state index in [1.54, 1.807) is 48.5 Å². The number of carbonyl (C=O) groups is 4. The van der Waals surface area contributed by atoms with Gasteiger partial charge in [-0.2, -0.15) is 0 Å². The van der Waals surface area contributed by atoms with Gasteiger partial charge in [-0.3, -0.25) is 29.0 Å². The van der Waals surface area contributed by atoms with Crippen molar-refractivity contribution in [3.8, 4) is 0 Å². The van der Waals surface area contributed by atoms with E-state index in [4.69, 9.17) is 47.6 Å². The van der Waals surface area contributed by atoms with E-state index < -0.39 is 11.8 Å². The fourth-order valence-electron chi connectivity index (χ4n) is 3.43. The first kappa shape index (κ1) is 28.5. The minimum absolute atomic E-state index is 0.0214. The fourth-order valence-corrected chi connectivity index (χ4v) is 6.57. The van der Waals surface area contributed by atoms with Crippen molar-refractivity contribution in [3.63, 3.8) is 0 Å². The van der Waals surface area contributed by atoms with Crippen molar-refractivity contribution in [2.45, 2.75) is 12.8 Å². The molecular formula is C24H18Cl2N4O4S4. The second-order valence-corrected chi connectivity index (χ2v) is 12.0. The zero-order chi connectivity index (χ0) is 27.4. The minimum atomic E-state index is -0.470. The van der Waals surface area contributed by atoms with E-state index in [0.29, 0.717) is 21.4 Å². The van der Waals surface area contributed by atoms with Crippen molar-refractivity contribution in [2.75, 3.05) is 23.7 Å². The molecule has 0 radical (unpaired) electrons. The minimum Gasteiger partial charge on any atom is -0.325 e. The highest BCUT2D eigenvalue weighted by Crippen LogP contribution is 2.42. The molecule has 2 aliphatic heterocycles. The van der Waals surface area contributed by atoms with Gasteiger partial charge >= 0.3 is 0 Å². The quantitative estimate of drug-likeness (QED) is 0.302. The molecule has 196 valence electrons. The summed E-state index contributed by atoms with van der Waals surface area (Å²) in [4.78, 5) is 53.8. The normalized spacial score (nSPS) is 17.4. The number of thiocarbonyl (C=S) groups is 2. The van der Waals surface area contributed by atoms with Crippen molar-refractivity contribution in [2.24, 2.45) is 0 Å². The van der Waals surface area contributed by atoms with E-state index in [9.17, 15) is 19.2 Å². The average molecular weight is 626 g/mol. The molecule has 4 rings (SSSR count). The van der Waals surface area contributed by atoms with Crippen LogP contribution >= 0.6 is 71.2 Å². The molecule has 0 bridgehead atoms. The Balaban J connectivity index is 1.35. The van der Waals surface area contributed by atoms with Crippen molar-refractivity contribution in [3.05, 3.63) is 68.4 Å². The molecule has 8 nitrogen and oxygen atoms in total. The summed E-state index contributed by atoms with van der Waals surface area (Å²) in [6.45, 7) is 0.0694. The number of nitrogens with zero attached hydrogens (tertiary/aromatic N) is 2. The molecule has 0 unspecified atom stereocenters. The highest BCUT2D eigenvalue weighted by molar-refractivity contribution is 8.29. The van der Waals surface area contributed by atoms with E-state index in [2.05, 4.69) is 10.6 Å². The maximum absolute atomic E-state index is 13.1. The standard InChI is InChI=1S/C24H18Cl2N4O4S4/c25-13-5-1-3-7-15(13)27-17(31)9-11-29-21(33)19(37-23(29)35)20-22(34)30(24(36)38-20)12-10-18(32)28-16-8-4-2-6-14(16)26/h1-8H,9-12H2,(H,27,31)(H,28,32)/b20-19-. The zero-order valence-corrected chi connectivity index (χ0v) is 24.1. The number of hydrogen-bond acceptors (Lipinski definition) is 8. The molecule has 14 heteroatoms. The van der Waals surface area contributed by atoms with Crippen LogP contribution in [0.15, 0.2) is 58.3 Å². The van der Waals surface area contributed by atoms with E-state index in [0.717, 1.165) is 23.5 Å². The molecule has 4 amide bonds. The van der Waals surface area contributed by atoms with E-state index >= 15 is 0 Å².